The van der Waals surface area contributed by atoms with Crippen LogP contribution in [-0.2, 0) is 6.54 Å². The fourth-order valence-corrected chi connectivity index (χ4v) is 2.55. The van der Waals surface area contributed by atoms with E-state index in [1.807, 2.05) is 54.7 Å². The summed E-state index contributed by atoms with van der Waals surface area (Å²) in [6.07, 6.45) is 3.65. The van der Waals surface area contributed by atoms with E-state index in [2.05, 4.69) is 20.8 Å². The van der Waals surface area contributed by atoms with Gasteiger partial charge in [0.25, 0.3) is 0 Å². The maximum atomic E-state index is 6.10. The van der Waals surface area contributed by atoms with Gasteiger partial charge in [0.15, 0.2) is 5.11 Å². The van der Waals surface area contributed by atoms with Crippen molar-refractivity contribution in [3.8, 4) is 0 Å². The second kappa shape index (κ2) is 7.26. The van der Waals surface area contributed by atoms with Crippen molar-refractivity contribution >= 4 is 46.0 Å². The minimum Gasteiger partial charge on any atom is -0.361 e. The van der Waals surface area contributed by atoms with Crippen molar-refractivity contribution in [3.63, 3.8) is 0 Å². The molecule has 0 radical (unpaired) electrons. The number of fused-ring (bicyclic) bond motifs is 1. The first-order chi connectivity index (χ1) is 11.2. The lowest BCUT2D eigenvalue weighted by Crippen LogP contribution is -2.31. The van der Waals surface area contributed by atoms with Gasteiger partial charge in [0.05, 0.1) is 6.21 Å². The number of thiocarbonyl (C=S) groups is 1. The van der Waals surface area contributed by atoms with Crippen LogP contribution >= 0.6 is 23.8 Å². The summed E-state index contributed by atoms with van der Waals surface area (Å²) in [7, 11) is 0. The van der Waals surface area contributed by atoms with Gasteiger partial charge in [0.1, 0.15) is 0 Å². The predicted molar refractivity (Wildman–Crippen MR) is 99.9 cm³/mol. The summed E-state index contributed by atoms with van der Waals surface area (Å²) < 4.78 is 0. The smallest absolute Gasteiger partial charge is 0.187 e. The van der Waals surface area contributed by atoms with E-state index in [4.69, 9.17) is 23.8 Å². The number of hydrogen-bond donors (Lipinski definition) is 3. The highest BCUT2D eigenvalue weighted by Crippen LogP contribution is 2.15. The van der Waals surface area contributed by atoms with Gasteiger partial charge in [-0.1, -0.05) is 48.0 Å². The Labute approximate surface area is 144 Å². The Balaban J connectivity index is 1.55. The number of benzene rings is 2. The van der Waals surface area contributed by atoms with Crippen LogP contribution in [0.5, 0.6) is 0 Å². The van der Waals surface area contributed by atoms with Crippen LogP contribution in [0.4, 0.5) is 0 Å². The molecule has 0 unspecified atom stereocenters. The number of hydrazone groups is 1. The van der Waals surface area contributed by atoms with Gasteiger partial charge in [-0.2, -0.15) is 5.10 Å². The number of aromatic nitrogens is 1. The van der Waals surface area contributed by atoms with Gasteiger partial charge >= 0.3 is 0 Å². The standard InChI is InChI=1S/C17H15ClN4S/c18-15-7-3-1-5-12(15)9-20-17(23)22-21-11-13-10-19-16-8-4-2-6-14(13)16/h1-8,10-11,19H,9H2,(H2,20,22,23)/b21-11+. The van der Waals surface area contributed by atoms with Crippen molar-refractivity contribution in [1.29, 1.82) is 0 Å². The quantitative estimate of drug-likeness (QED) is 0.384. The van der Waals surface area contributed by atoms with Gasteiger partial charge in [-0.3, -0.25) is 5.43 Å². The number of hydrogen-bond acceptors (Lipinski definition) is 2. The summed E-state index contributed by atoms with van der Waals surface area (Å²) in [6.45, 7) is 0.550. The molecule has 3 rings (SSSR count). The van der Waals surface area contributed by atoms with Gasteiger partial charge in [0, 0.05) is 34.2 Å². The van der Waals surface area contributed by atoms with Crippen molar-refractivity contribution < 1.29 is 0 Å². The lowest BCUT2D eigenvalue weighted by atomic mass is 10.2. The molecule has 4 nitrogen and oxygen atoms in total. The van der Waals surface area contributed by atoms with Crippen molar-refractivity contribution in [1.82, 2.24) is 15.7 Å². The maximum absolute atomic E-state index is 6.10. The van der Waals surface area contributed by atoms with Crippen molar-refractivity contribution in [2.24, 2.45) is 5.10 Å². The average Bonchev–Trinajstić information content (AvgIpc) is 2.98. The van der Waals surface area contributed by atoms with Crippen molar-refractivity contribution in [2.75, 3.05) is 0 Å². The number of halogens is 1. The second-order valence-corrected chi connectivity index (χ2v) is 5.75. The summed E-state index contributed by atoms with van der Waals surface area (Å²) in [4.78, 5) is 3.20. The Morgan fingerprint density at radius 2 is 1.96 bits per heavy atom. The van der Waals surface area contributed by atoms with E-state index in [1.54, 1.807) is 6.21 Å². The highest BCUT2D eigenvalue weighted by Gasteiger charge is 2.01. The Bertz CT molecular complexity index is 856. The number of aromatic amines is 1. The number of nitrogens with zero attached hydrogens (tertiary/aromatic N) is 1. The molecule has 0 fully saturated rings. The van der Waals surface area contributed by atoms with Gasteiger partial charge < -0.3 is 10.3 Å². The monoisotopic (exact) mass is 342 g/mol. The number of H-pyrrole nitrogens is 1. The zero-order chi connectivity index (χ0) is 16.1. The Morgan fingerprint density at radius 1 is 1.17 bits per heavy atom. The van der Waals surface area contributed by atoms with Crippen LogP contribution in [0, 0.1) is 0 Å². The van der Waals surface area contributed by atoms with Gasteiger partial charge in [-0.05, 0) is 29.9 Å². The fraction of sp³-hybridized carbons (Fsp3) is 0.0588. The van der Waals surface area contributed by atoms with E-state index < -0.39 is 0 Å². The molecule has 0 amide bonds. The first-order valence-corrected chi connectivity index (χ1v) is 7.89. The van der Waals surface area contributed by atoms with Crippen molar-refractivity contribution in [2.45, 2.75) is 6.54 Å². The molecule has 3 aromatic rings. The molecule has 116 valence electrons. The maximum Gasteiger partial charge on any atom is 0.187 e. The molecular weight excluding hydrogens is 328 g/mol. The molecule has 1 heterocycles. The summed E-state index contributed by atoms with van der Waals surface area (Å²) in [5.41, 5.74) is 5.87. The lowest BCUT2D eigenvalue weighted by molar-refractivity contribution is 0.869. The Kier molecular flexibility index (Phi) is 4.90. The topological polar surface area (TPSA) is 52.2 Å². The Morgan fingerprint density at radius 3 is 2.83 bits per heavy atom. The molecule has 1 aromatic heterocycles. The molecule has 3 N–H and O–H groups in total. The van der Waals surface area contributed by atoms with Crippen LogP contribution in [0.25, 0.3) is 10.9 Å². The first kappa shape index (κ1) is 15.5. The van der Waals surface area contributed by atoms with Crippen LogP contribution in [0.1, 0.15) is 11.1 Å². The summed E-state index contributed by atoms with van der Waals surface area (Å²) in [5.74, 6) is 0. The predicted octanol–water partition coefficient (Wildman–Crippen LogP) is 3.82. The SMILES string of the molecule is S=C(NCc1ccccc1Cl)N/N=C/c1c[nH]c2ccccc12. The third-order valence-corrected chi connectivity index (χ3v) is 3.99. The van der Waals surface area contributed by atoms with Crippen molar-refractivity contribution in [3.05, 3.63) is 70.9 Å². The number of nitrogens with one attached hydrogen (secondary N) is 3. The normalized spacial score (nSPS) is 11.0. The van der Waals surface area contributed by atoms with E-state index >= 15 is 0 Å². The molecule has 6 heteroatoms. The van der Waals surface area contributed by atoms with Crippen LogP contribution in [0.15, 0.2) is 59.8 Å². The van der Waals surface area contributed by atoms with E-state index in [-0.39, 0.29) is 0 Å². The zero-order valence-corrected chi connectivity index (χ0v) is 13.8. The van der Waals surface area contributed by atoms with Gasteiger partial charge in [-0.25, -0.2) is 0 Å². The van der Waals surface area contributed by atoms with Gasteiger partial charge in [0.2, 0.25) is 0 Å². The molecule has 2 aromatic carbocycles. The van der Waals surface area contributed by atoms with Crippen LogP contribution in [-0.4, -0.2) is 16.3 Å². The molecular formula is C17H15ClN4S. The summed E-state index contributed by atoms with van der Waals surface area (Å²) in [5, 5.41) is 9.52. The zero-order valence-electron chi connectivity index (χ0n) is 12.2. The molecule has 0 aliphatic carbocycles. The van der Waals surface area contributed by atoms with Gasteiger partial charge in [-0.15, -0.1) is 0 Å². The first-order valence-electron chi connectivity index (χ1n) is 7.10. The molecule has 0 saturated heterocycles. The molecule has 23 heavy (non-hydrogen) atoms. The lowest BCUT2D eigenvalue weighted by Gasteiger charge is -2.08. The highest BCUT2D eigenvalue weighted by molar-refractivity contribution is 7.80. The van der Waals surface area contributed by atoms with E-state index in [0.717, 1.165) is 22.0 Å². The van der Waals surface area contributed by atoms with Crippen LogP contribution in [0.3, 0.4) is 0 Å². The molecule has 0 aliphatic heterocycles. The largest absolute Gasteiger partial charge is 0.361 e. The van der Waals surface area contributed by atoms with Crippen LogP contribution in [0.2, 0.25) is 5.02 Å². The summed E-state index contributed by atoms with van der Waals surface area (Å²) >= 11 is 11.3. The number of para-hydroxylation sites is 1. The molecule has 0 spiro atoms. The molecule has 0 aliphatic rings. The average molecular weight is 343 g/mol. The Hall–Kier alpha value is -2.37. The molecule has 0 bridgehead atoms. The number of rotatable bonds is 4. The highest BCUT2D eigenvalue weighted by atomic mass is 35.5. The minimum atomic E-state index is 0.445. The molecule has 0 atom stereocenters. The minimum absolute atomic E-state index is 0.445. The third kappa shape index (κ3) is 3.88. The van der Waals surface area contributed by atoms with E-state index in [9.17, 15) is 0 Å². The van der Waals surface area contributed by atoms with Crippen LogP contribution < -0.4 is 10.7 Å². The fourth-order valence-electron chi connectivity index (χ4n) is 2.22. The third-order valence-electron chi connectivity index (χ3n) is 3.39. The van der Waals surface area contributed by atoms with E-state index in [0.29, 0.717) is 16.7 Å². The molecule has 0 saturated carbocycles. The summed E-state index contributed by atoms with van der Waals surface area (Å²) in [6, 6.07) is 15.7. The van der Waals surface area contributed by atoms with E-state index in [1.165, 1.54) is 0 Å². The second-order valence-electron chi connectivity index (χ2n) is 4.93.